The van der Waals surface area contributed by atoms with E-state index >= 15 is 0 Å². The summed E-state index contributed by atoms with van der Waals surface area (Å²) in [5, 5.41) is 0. The molecule has 3 heteroatoms. The summed E-state index contributed by atoms with van der Waals surface area (Å²) < 4.78 is 4.69. The number of hydrogen-bond acceptors (Lipinski definition) is 2. The van der Waals surface area contributed by atoms with E-state index in [1.54, 1.807) is 20.8 Å². The molecule has 0 bridgehead atoms. The summed E-state index contributed by atoms with van der Waals surface area (Å²) in [5.41, 5.74) is -0.390. The molecule has 0 atom stereocenters. The second kappa shape index (κ2) is 8.88. The maximum atomic E-state index is 10.1. The van der Waals surface area contributed by atoms with Gasteiger partial charge in [0.25, 0.3) is 0 Å². The average Bonchev–Trinajstić information content (AvgIpc) is 2.03. The van der Waals surface area contributed by atoms with E-state index < -0.39 is 11.6 Å². The van der Waals surface area contributed by atoms with Crippen molar-refractivity contribution < 1.29 is 40.6 Å². The fourth-order valence-electron chi connectivity index (χ4n) is 0.683. The molecule has 0 aromatic heterocycles. The zero-order valence-electron chi connectivity index (χ0n) is 9.41. The molecule has 0 aliphatic carbocycles. The molecule has 0 saturated heterocycles. The maximum Gasteiger partial charge on any atom is 2.00 e. The van der Waals surface area contributed by atoms with Gasteiger partial charge in [-0.15, -0.1) is 0 Å². The van der Waals surface area contributed by atoms with Gasteiger partial charge in [-0.3, -0.25) is 11.7 Å². The normalized spacial score (nSPS) is 9.00. The minimum absolute atomic E-state index is 0. The summed E-state index contributed by atoms with van der Waals surface area (Å²) >= 11 is 0. The van der Waals surface area contributed by atoms with Crippen molar-refractivity contribution in [3.8, 4) is 0 Å². The zero-order valence-corrected chi connectivity index (χ0v) is 13.6. The largest absolute Gasteiger partial charge is 2.00 e. The van der Waals surface area contributed by atoms with Crippen LogP contribution in [0, 0.1) is 44.1 Å². The summed E-state index contributed by atoms with van der Waals surface area (Å²) in [5.74, 6) is -0.475. The van der Waals surface area contributed by atoms with Crippen molar-refractivity contribution in [2.75, 3.05) is 0 Å². The molecule has 0 saturated carbocycles. The third-order valence-electron chi connectivity index (χ3n) is 1.03. The molecule has 1 aromatic carbocycles. The van der Waals surface area contributed by atoms with Gasteiger partial charge in [0.2, 0.25) is 0 Å². The number of hydrogen-bond donors (Lipinski definition) is 0. The number of esters is 1. The topological polar surface area (TPSA) is 26.3 Å². The first-order valence-electron chi connectivity index (χ1n) is 4.38. The van der Waals surface area contributed by atoms with Crippen LogP contribution in [0.2, 0.25) is 0 Å². The first-order chi connectivity index (χ1) is 6.42. The molecule has 0 N–H and O–H groups in total. The van der Waals surface area contributed by atoms with Gasteiger partial charge in [0.15, 0.2) is 5.97 Å². The molecule has 0 spiro atoms. The standard InChI is InChI=1S/C6H11O2.C6H5.U/c1-5(7)8-6(2,3)4;1-2-4-6-5-3-1;/h1H2,2-4H3;1-5H;/q2*-1;+2. The van der Waals surface area contributed by atoms with Crippen LogP contribution in [0.25, 0.3) is 0 Å². The fourth-order valence-corrected chi connectivity index (χ4v) is 0.683. The molecule has 0 aliphatic heterocycles. The van der Waals surface area contributed by atoms with Crippen LogP contribution in [0.5, 0.6) is 0 Å². The molecule has 0 amide bonds. The average molecular weight is 430 g/mol. The Kier molecular flexibility index (Phi) is 10.1. The van der Waals surface area contributed by atoms with Gasteiger partial charge in [0.05, 0.1) is 0 Å². The van der Waals surface area contributed by atoms with Crippen LogP contribution >= 0.6 is 0 Å². The molecule has 0 fully saturated rings. The van der Waals surface area contributed by atoms with Crippen molar-refractivity contribution >= 4 is 5.97 Å². The Morgan fingerprint density at radius 2 is 1.67 bits per heavy atom. The second-order valence-corrected chi connectivity index (χ2v) is 3.66. The van der Waals surface area contributed by atoms with Gasteiger partial charge < -0.3 is 4.74 Å². The predicted octanol–water partition coefficient (Wildman–Crippen LogP) is 2.65. The minimum atomic E-state index is -0.475. The van der Waals surface area contributed by atoms with Crippen LogP contribution in [0.1, 0.15) is 20.8 Å². The Balaban J connectivity index is 0. The summed E-state index contributed by atoms with van der Waals surface area (Å²) in [4.78, 5) is 10.1. The van der Waals surface area contributed by atoms with Gasteiger partial charge in [-0.05, 0) is 20.8 Å². The summed E-state index contributed by atoms with van der Waals surface area (Å²) in [6, 6.07) is 12.5. The Morgan fingerprint density at radius 3 is 1.73 bits per heavy atom. The molecule has 2 nitrogen and oxygen atoms in total. The molecule has 0 unspecified atom stereocenters. The number of carbonyl (C=O) groups excluding carboxylic acids is 1. The molecule has 0 radical (unpaired) electrons. The fraction of sp³-hybridized carbons (Fsp3) is 0.333. The third kappa shape index (κ3) is 16.3. The van der Waals surface area contributed by atoms with Crippen molar-refractivity contribution in [1.29, 1.82) is 0 Å². The van der Waals surface area contributed by atoms with Crippen LogP contribution in [0.3, 0.4) is 0 Å². The third-order valence-corrected chi connectivity index (χ3v) is 1.03. The summed E-state index contributed by atoms with van der Waals surface area (Å²) in [7, 11) is 0. The first kappa shape index (κ1) is 17.0. The van der Waals surface area contributed by atoms with E-state index in [1.807, 2.05) is 30.3 Å². The van der Waals surface area contributed by atoms with Crippen molar-refractivity contribution in [3.05, 3.63) is 43.3 Å². The van der Waals surface area contributed by atoms with E-state index in [4.69, 9.17) is 0 Å². The number of carbonyl (C=O) groups is 1. The van der Waals surface area contributed by atoms with E-state index in [1.165, 1.54) is 0 Å². The van der Waals surface area contributed by atoms with Crippen LogP contribution in [-0.4, -0.2) is 11.6 Å². The minimum Gasteiger partial charge on any atom is -0.483 e. The molecule has 1 rings (SSSR count). The van der Waals surface area contributed by atoms with Crippen LogP contribution in [-0.2, 0) is 9.53 Å². The van der Waals surface area contributed by atoms with E-state index in [2.05, 4.69) is 17.7 Å². The zero-order chi connectivity index (χ0) is 11.0. The van der Waals surface area contributed by atoms with E-state index in [0.29, 0.717) is 0 Å². The van der Waals surface area contributed by atoms with Crippen LogP contribution < -0.4 is 0 Å². The molecular weight excluding hydrogens is 414 g/mol. The molecule has 15 heavy (non-hydrogen) atoms. The van der Waals surface area contributed by atoms with Crippen molar-refractivity contribution in [3.63, 3.8) is 0 Å². The van der Waals surface area contributed by atoms with E-state index in [-0.39, 0.29) is 31.1 Å². The number of benzene rings is 1. The molecule has 0 aliphatic rings. The maximum absolute atomic E-state index is 10.1. The molecule has 1 aromatic rings. The summed E-state index contributed by atoms with van der Waals surface area (Å²) in [6.45, 7) is 8.47. The Labute approximate surface area is 116 Å². The van der Waals surface area contributed by atoms with Crippen molar-refractivity contribution in [1.82, 2.24) is 0 Å². The monoisotopic (exact) mass is 430 g/mol. The van der Waals surface area contributed by atoms with Gasteiger partial charge >= 0.3 is 31.1 Å². The van der Waals surface area contributed by atoms with Gasteiger partial charge in [0, 0.05) is 0 Å². The van der Waals surface area contributed by atoms with E-state index in [0.717, 1.165) is 0 Å². The predicted molar refractivity (Wildman–Crippen MR) is 56.5 cm³/mol. The molecule has 80 valence electrons. The van der Waals surface area contributed by atoms with Crippen LogP contribution in [0.15, 0.2) is 30.3 Å². The van der Waals surface area contributed by atoms with Crippen molar-refractivity contribution in [2.24, 2.45) is 0 Å². The number of ether oxygens (including phenoxy) is 1. The van der Waals surface area contributed by atoms with Gasteiger partial charge in [-0.2, -0.15) is 36.4 Å². The second-order valence-electron chi connectivity index (χ2n) is 3.66. The van der Waals surface area contributed by atoms with Crippen LogP contribution in [0.4, 0.5) is 0 Å². The van der Waals surface area contributed by atoms with Gasteiger partial charge in [-0.25, -0.2) is 0 Å². The SMILES string of the molecule is [CH2-]C(=O)OC(C)(C)C.[U+2].[c-]1ccccc1. The van der Waals surface area contributed by atoms with Crippen molar-refractivity contribution in [2.45, 2.75) is 26.4 Å². The Morgan fingerprint density at radius 1 is 1.20 bits per heavy atom. The summed E-state index contributed by atoms with van der Waals surface area (Å²) in [6.07, 6.45) is 0. The van der Waals surface area contributed by atoms with Gasteiger partial charge in [0.1, 0.15) is 5.60 Å². The Bertz CT molecular complexity index is 225. The molecule has 0 heterocycles. The number of rotatable bonds is 0. The molecular formula is C12H16O2U. The van der Waals surface area contributed by atoms with E-state index in [9.17, 15) is 4.79 Å². The Hall–Kier alpha value is -0.388. The smallest absolute Gasteiger partial charge is 0.483 e. The van der Waals surface area contributed by atoms with Gasteiger partial charge in [-0.1, -0.05) is 0 Å². The first-order valence-corrected chi connectivity index (χ1v) is 4.38. The quantitative estimate of drug-likeness (QED) is 0.468.